The molecule has 2 N–H and O–H groups in total. The van der Waals surface area contributed by atoms with E-state index in [4.69, 9.17) is 9.47 Å². The molecule has 3 heterocycles. The van der Waals surface area contributed by atoms with Crippen molar-refractivity contribution in [3.63, 3.8) is 0 Å². The molecule has 6 aromatic rings. The lowest BCUT2D eigenvalue weighted by Crippen LogP contribution is -2.38. The van der Waals surface area contributed by atoms with Gasteiger partial charge in [-0.05, 0) is 28.8 Å². The molecule has 1 fully saturated rings. The van der Waals surface area contributed by atoms with Crippen molar-refractivity contribution >= 4 is 22.9 Å². The summed E-state index contributed by atoms with van der Waals surface area (Å²) in [6.45, 7) is 0.121. The van der Waals surface area contributed by atoms with Crippen LogP contribution >= 0.6 is 0 Å². The topological polar surface area (TPSA) is 111 Å². The Labute approximate surface area is 260 Å². The molecule has 1 aliphatic rings. The van der Waals surface area contributed by atoms with Gasteiger partial charge in [-0.3, -0.25) is 9.36 Å². The molecule has 0 radical (unpaired) electrons. The third-order valence-electron chi connectivity index (χ3n) is 8.15. The van der Waals surface area contributed by atoms with Gasteiger partial charge in [0.1, 0.15) is 24.3 Å². The fourth-order valence-electron chi connectivity index (χ4n) is 5.93. The predicted octanol–water partition coefficient (Wildman–Crippen LogP) is 5.74. The fraction of sp³-hybridized carbons (Fsp3) is 0.167. The highest BCUT2D eigenvalue weighted by Crippen LogP contribution is 2.42. The van der Waals surface area contributed by atoms with E-state index in [-0.39, 0.29) is 12.5 Å². The second kappa shape index (κ2) is 12.4. The van der Waals surface area contributed by atoms with Crippen molar-refractivity contribution in [3.05, 3.63) is 156 Å². The smallest absolute Gasteiger partial charge is 0.256 e. The van der Waals surface area contributed by atoms with E-state index in [0.29, 0.717) is 29.0 Å². The fourth-order valence-corrected chi connectivity index (χ4v) is 5.93. The summed E-state index contributed by atoms with van der Waals surface area (Å²) in [4.78, 5) is 26.0. The first kappa shape index (κ1) is 28.5. The molecule has 7 rings (SSSR count). The van der Waals surface area contributed by atoms with Crippen molar-refractivity contribution in [2.75, 3.05) is 11.9 Å². The molecule has 45 heavy (non-hydrogen) atoms. The van der Waals surface area contributed by atoms with E-state index in [2.05, 4.69) is 56.7 Å². The van der Waals surface area contributed by atoms with Crippen LogP contribution in [0.5, 0.6) is 0 Å². The Kier molecular flexibility index (Phi) is 7.87. The van der Waals surface area contributed by atoms with E-state index >= 15 is 0 Å². The molecular formula is C36H31N5O4. The first-order valence-electron chi connectivity index (χ1n) is 14.8. The van der Waals surface area contributed by atoms with Crippen molar-refractivity contribution < 1.29 is 19.4 Å². The summed E-state index contributed by atoms with van der Waals surface area (Å²) in [5, 5.41) is 14.0. The normalized spacial score (nSPS) is 18.2. The zero-order valence-electron chi connectivity index (χ0n) is 24.3. The van der Waals surface area contributed by atoms with E-state index in [1.807, 2.05) is 60.7 Å². The maximum Gasteiger partial charge on any atom is 0.256 e. The van der Waals surface area contributed by atoms with Crippen molar-refractivity contribution in [3.8, 4) is 0 Å². The van der Waals surface area contributed by atoms with E-state index in [1.165, 1.54) is 6.33 Å². The number of fused-ring (bicyclic) bond motifs is 1. The number of nitrogens with one attached hydrogen (secondary N) is 1. The van der Waals surface area contributed by atoms with Gasteiger partial charge in [-0.25, -0.2) is 15.0 Å². The minimum atomic E-state index is -0.939. The van der Waals surface area contributed by atoms with Crippen molar-refractivity contribution in [1.29, 1.82) is 0 Å². The number of aliphatic hydroxyl groups excluding tert-OH is 1. The standard InChI is InChI=1S/C36H31N5O4/c42-29-21-31(41-24-39-32-33(37-23-38-34(32)41)40-35(43)25-13-5-1-6-14-25)45-30(29)22-44-36(26-15-7-2-8-16-26,27-17-9-3-10-18-27)28-19-11-4-12-20-28/h1-20,23-24,29-31,42H,21-22H2,(H,37,38,40,43)/t29-,30+,31+/m0/s1. The van der Waals surface area contributed by atoms with Crippen LogP contribution in [0, 0.1) is 0 Å². The molecule has 0 bridgehead atoms. The Balaban J connectivity index is 1.16. The molecule has 9 heteroatoms. The zero-order chi connectivity index (χ0) is 30.6. The monoisotopic (exact) mass is 597 g/mol. The molecular weight excluding hydrogens is 566 g/mol. The van der Waals surface area contributed by atoms with Crippen LogP contribution < -0.4 is 5.32 Å². The lowest BCUT2D eigenvalue weighted by molar-refractivity contribution is -0.0930. The summed E-state index contributed by atoms with van der Waals surface area (Å²) >= 11 is 0. The molecule has 0 unspecified atom stereocenters. The third kappa shape index (κ3) is 5.49. The molecule has 9 nitrogen and oxygen atoms in total. The number of hydrogen-bond donors (Lipinski definition) is 2. The number of imidazole rings is 1. The molecule has 4 aromatic carbocycles. The number of carbonyl (C=O) groups is 1. The number of nitrogens with zero attached hydrogens (tertiary/aromatic N) is 4. The lowest BCUT2D eigenvalue weighted by atomic mass is 9.80. The van der Waals surface area contributed by atoms with E-state index in [1.54, 1.807) is 35.2 Å². The van der Waals surface area contributed by atoms with Gasteiger partial charge in [-0.15, -0.1) is 0 Å². The van der Waals surface area contributed by atoms with Crippen LogP contribution in [0.4, 0.5) is 5.82 Å². The van der Waals surface area contributed by atoms with Gasteiger partial charge in [0.2, 0.25) is 0 Å². The SMILES string of the molecule is O=C(Nc1ncnc2c1ncn2[C@H]1C[C@H](O)[C@@H](COC(c2ccccc2)(c2ccccc2)c2ccccc2)O1)c1ccccc1. The van der Waals surface area contributed by atoms with E-state index in [9.17, 15) is 9.90 Å². The third-order valence-corrected chi connectivity index (χ3v) is 8.15. The van der Waals surface area contributed by atoms with Gasteiger partial charge in [-0.2, -0.15) is 0 Å². The van der Waals surface area contributed by atoms with Crippen LogP contribution in [0.2, 0.25) is 0 Å². The molecule has 0 spiro atoms. The number of carbonyl (C=O) groups excluding carboxylic acids is 1. The second-order valence-corrected chi connectivity index (χ2v) is 10.9. The number of anilines is 1. The molecule has 3 atom stereocenters. The van der Waals surface area contributed by atoms with Crippen LogP contribution in [0.3, 0.4) is 0 Å². The van der Waals surface area contributed by atoms with Crippen molar-refractivity contribution in [2.45, 2.75) is 30.5 Å². The van der Waals surface area contributed by atoms with E-state index in [0.717, 1.165) is 16.7 Å². The number of hydrogen-bond acceptors (Lipinski definition) is 7. The first-order chi connectivity index (χ1) is 22.1. The Morgan fingerprint density at radius 2 is 1.38 bits per heavy atom. The van der Waals surface area contributed by atoms with Gasteiger partial charge in [-0.1, -0.05) is 109 Å². The molecule has 1 amide bonds. The highest BCUT2D eigenvalue weighted by atomic mass is 16.6. The first-order valence-corrected chi connectivity index (χ1v) is 14.8. The minimum Gasteiger partial charge on any atom is -0.390 e. The molecule has 224 valence electrons. The summed E-state index contributed by atoms with van der Waals surface area (Å²) in [5.74, 6) is -0.00182. The molecule has 0 aliphatic carbocycles. The number of aliphatic hydroxyl groups is 1. The summed E-state index contributed by atoms with van der Waals surface area (Å²) in [6, 6.07) is 39.2. The Hall–Kier alpha value is -5.22. The predicted molar refractivity (Wildman–Crippen MR) is 169 cm³/mol. The van der Waals surface area contributed by atoms with Gasteiger partial charge in [0, 0.05) is 12.0 Å². The maximum absolute atomic E-state index is 12.8. The molecule has 1 aliphatic heterocycles. The van der Waals surface area contributed by atoms with E-state index < -0.39 is 24.0 Å². The quantitative estimate of drug-likeness (QED) is 0.205. The number of aromatic nitrogens is 4. The largest absolute Gasteiger partial charge is 0.390 e. The average Bonchev–Trinajstić information content (AvgIpc) is 3.70. The number of rotatable bonds is 9. The molecule has 2 aromatic heterocycles. The van der Waals surface area contributed by atoms with Crippen molar-refractivity contribution in [2.24, 2.45) is 0 Å². The number of benzene rings is 4. The highest BCUT2D eigenvalue weighted by Gasteiger charge is 2.42. The average molecular weight is 598 g/mol. The summed E-state index contributed by atoms with van der Waals surface area (Å²) in [6.07, 6.45) is 1.31. The summed E-state index contributed by atoms with van der Waals surface area (Å²) in [7, 11) is 0. The Bertz CT molecular complexity index is 1790. The lowest BCUT2D eigenvalue weighted by Gasteiger charge is -2.37. The van der Waals surface area contributed by atoms with Crippen LogP contribution in [-0.2, 0) is 15.1 Å². The highest BCUT2D eigenvalue weighted by molar-refractivity contribution is 6.06. The Morgan fingerprint density at radius 3 is 1.96 bits per heavy atom. The summed E-state index contributed by atoms with van der Waals surface area (Å²) < 4.78 is 15.1. The van der Waals surface area contributed by atoms with Gasteiger partial charge in [0.15, 0.2) is 17.0 Å². The number of amides is 1. The van der Waals surface area contributed by atoms with Gasteiger partial charge < -0.3 is 19.9 Å². The van der Waals surface area contributed by atoms with Crippen molar-refractivity contribution in [1.82, 2.24) is 19.5 Å². The van der Waals surface area contributed by atoms with Crippen LogP contribution in [0.15, 0.2) is 134 Å². The minimum absolute atomic E-state index is 0.121. The van der Waals surface area contributed by atoms with Gasteiger partial charge >= 0.3 is 0 Å². The zero-order valence-corrected chi connectivity index (χ0v) is 24.3. The summed E-state index contributed by atoms with van der Waals surface area (Å²) in [5.41, 5.74) is 3.38. The van der Waals surface area contributed by atoms with Crippen LogP contribution in [-0.4, -0.2) is 49.3 Å². The number of ether oxygens (including phenoxy) is 2. The second-order valence-electron chi connectivity index (χ2n) is 10.9. The Morgan fingerprint density at radius 1 is 0.822 bits per heavy atom. The van der Waals surface area contributed by atoms with Crippen LogP contribution in [0.1, 0.15) is 39.7 Å². The van der Waals surface area contributed by atoms with Gasteiger partial charge in [0.05, 0.1) is 19.0 Å². The van der Waals surface area contributed by atoms with Crippen LogP contribution in [0.25, 0.3) is 11.2 Å². The maximum atomic E-state index is 12.8. The van der Waals surface area contributed by atoms with Gasteiger partial charge in [0.25, 0.3) is 5.91 Å². The molecule has 0 saturated carbocycles. The molecule has 1 saturated heterocycles.